The van der Waals surface area contributed by atoms with Crippen molar-refractivity contribution < 1.29 is 4.79 Å². The lowest BCUT2D eigenvalue weighted by Crippen LogP contribution is -2.54. The molecule has 0 aromatic heterocycles. The Balaban J connectivity index is 1.77. The normalized spacial score (nSPS) is 37.0. The highest BCUT2D eigenvalue weighted by molar-refractivity contribution is 5.75. The number of hydrogen-bond acceptors (Lipinski definition) is 3. The van der Waals surface area contributed by atoms with Gasteiger partial charge in [0.15, 0.2) is 0 Å². The first-order valence-electron chi connectivity index (χ1n) is 7.89. The van der Waals surface area contributed by atoms with E-state index in [9.17, 15) is 4.79 Å². The fourth-order valence-electron chi connectivity index (χ4n) is 3.49. The molecule has 4 heteroatoms. The van der Waals surface area contributed by atoms with Gasteiger partial charge in [-0.05, 0) is 58.3 Å². The number of piperidine rings is 1. The van der Waals surface area contributed by atoms with E-state index in [-0.39, 0.29) is 5.91 Å². The lowest BCUT2D eigenvalue weighted by molar-refractivity contribution is -0.130. The molecule has 2 atom stereocenters. The Labute approximate surface area is 117 Å². The van der Waals surface area contributed by atoms with Crippen LogP contribution in [-0.2, 0) is 4.79 Å². The predicted molar refractivity (Wildman–Crippen MR) is 77.3 cm³/mol. The highest BCUT2D eigenvalue weighted by Crippen LogP contribution is 2.26. The molecule has 1 saturated carbocycles. The number of nitrogens with zero attached hydrogens (tertiary/aromatic N) is 1. The van der Waals surface area contributed by atoms with Crippen LogP contribution in [0, 0.1) is 5.92 Å². The minimum Gasteiger partial charge on any atom is -0.328 e. The highest BCUT2D eigenvalue weighted by atomic mass is 16.2. The van der Waals surface area contributed by atoms with Crippen molar-refractivity contribution in [3.63, 3.8) is 0 Å². The van der Waals surface area contributed by atoms with Crippen molar-refractivity contribution >= 4 is 5.91 Å². The Kier molecular flexibility index (Phi) is 5.22. The molecular weight excluding hydrogens is 238 g/mol. The maximum atomic E-state index is 12.2. The van der Waals surface area contributed by atoms with E-state index in [1.165, 1.54) is 19.3 Å². The summed E-state index contributed by atoms with van der Waals surface area (Å²) < 4.78 is 0. The molecule has 2 aliphatic rings. The number of rotatable bonds is 3. The Morgan fingerprint density at radius 3 is 2.26 bits per heavy atom. The minimum atomic E-state index is 0.195. The first-order valence-corrected chi connectivity index (χ1v) is 7.89. The van der Waals surface area contributed by atoms with Gasteiger partial charge in [0.1, 0.15) is 0 Å². The summed E-state index contributed by atoms with van der Waals surface area (Å²) in [6.45, 7) is 4.41. The Morgan fingerprint density at radius 2 is 1.68 bits per heavy atom. The minimum absolute atomic E-state index is 0.195. The van der Waals surface area contributed by atoms with Crippen LogP contribution >= 0.6 is 0 Å². The summed E-state index contributed by atoms with van der Waals surface area (Å²) >= 11 is 0. The van der Waals surface area contributed by atoms with E-state index in [4.69, 9.17) is 5.73 Å². The summed E-state index contributed by atoms with van der Waals surface area (Å²) in [5.41, 5.74) is 9.04. The monoisotopic (exact) mass is 267 g/mol. The number of nitrogens with two attached hydrogens (primary N) is 1. The van der Waals surface area contributed by atoms with Crippen LogP contribution in [0.3, 0.4) is 0 Å². The van der Waals surface area contributed by atoms with Gasteiger partial charge in [-0.15, -0.1) is 0 Å². The lowest BCUT2D eigenvalue weighted by Gasteiger charge is -2.39. The maximum absolute atomic E-state index is 12.2. The molecule has 0 aromatic rings. The van der Waals surface area contributed by atoms with E-state index >= 15 is 0 Å². The molecule has 1 aliphatic carbocycles. The highest BCUT2D eigenvalue weighted by Gasteiger charge is 2.27. The molecule has 4 nitrogen and oxygen atoms in total. The van der Waals surface area contributed by atoms with Crippen molar-refractivity contribution in [3.05, 3.63) is 0 Å². The van der Waals surface area contributed by atoms with E-state index in [0.29, 0.717) is 30.5 Å². The Bertz CT molecular complexity index is 290. The average Bonchev–Trinajstić information content (AvgIpc) is 2.37. The van der Waals surface area contributed by atoms with Crippen LogP contribution in [0.15, 0.2) is 0 Å². The third-order valence-electron chi connectivity index (χ3n) is 4.81. The van der Waals surface area contributed by atoms with E-state index in [0.717, 1.165) is 25.7 Å². The maximum Gasteiger partial charge on any atom is 0.234 e. The summed E-state index contributed by atoms with van der Waals surface area (Å²) in [6.07, 6.45) is 8.69. The molecule has 0 aromatic carbocycles. The molecule has 0 spiro atoms. The number of nitrogens with one attached hydrogen (secondary N) is 1. The van der Waals surface area contributed by atoms with Gasteiger partial charge >= 0.3 is 0 Å². The SMILES string of the molecule is CC1CCCC(C)N1NC(=O)CC1CCC(N)CC1. The average molecular weight is 267 g/mol. The molecule has 3 N–H and O–H groups in total. The van der Waals surface area contributed by atoms with Gasteiger partial charge in [-0.2, -0.15) is 0 Å². The number of carbonyl (C=O) groups is 1. The summed E-state index contributed by atoms with van der Waals surface area (Å²) in [5.74, 6) is 0.733. The Morgan fingerprint density at radius 1 is 1.11 bits per heavy atom. The van der Waals surface area contributed by atoms with Crippen LogP contribution in [0.4, 0.5) is 0 Å². The molecule has 1 saturated heterocycles. The van der Waals surface area contributed by atoms with Gasteiger partial charge in [-0.3, -0.25) is 10.2 Å². The molecule has 2 rings (SSSR count). The van der Waals surface area contributed by atoms with Crippen molar-refractivity contribution in [1.29, 1.82) is 0 Å². The van der Waals surface area contributed by atoms with Crippen molar-refractivity contribution in [2.24, 2.45) is 11.7 Å². The first kappa shape index (κ1) is 14.8. The topological polar surface area (TPSA) is 58.4 Å². The second-order valence-corrected chi connectivity index (χ2v) is 6.56. The van der Waals surface area contributed by atoms with Crippen LogP contribution in [0.5, 0.6) is 0 Å². The largest absolute Gasteiger partial charge is 0.328 e. The zero-order chi connectivity index (χ0) is 13.8. The van der Waals surface area contributed by atoms with Gasteiger partial charge in [0.25, 0.3) is 0 Å². The van der Waals surface area contributed by atoms with Gasteiger partial charge in [0.2, 0.25) is 5.91 Å². The van der Waals surface area contributed by atoms with E-state index < -0.39 is 0 Å². The summed E-state index contributed by atoms with van der Waals surface area (Å²) in [6, 6.07) is 1.29. The van der Waals surface area contributed by atoms with Gasteiger partial charge < -0.3 is 5.73 Å². The third-order valence-corrected chi connectivity index (χ3v) is 4.81. The van der Waals surface area contributed by atoms with Crippen LogP contribution in [0.1, 0.15) is 65.2 Å². The molecule has 1 amide bonds. The molecular formula is C15H29N3O. The number of amides is 1. The Hall–Kier alpha value is -0.610. The second kappa shape index (κ2) is 6.71. The third kappa shape index (κ3) is 4.18. The van der Waals surface area contributed by atoms with Crippen molar-refractivity contribution in [3.8, 4) is 0 Å². The number of hydrazine groups is 1. The molecule has 1 aliphatic heterocycles. The van der Waals surface area contributed by atoms with E-state index in [1.54, 1.807) is 0 Å². The van der Waals surface area contributed by atoms with Crippen LogP contribution < -0.4 is 11.2 Å². The molecule has 110 valence electrons. The standard InChI is InChI=1S/C15H29N3O/c1-11-4-3-5-12(2)18(11)17-15(19)10-13-6-8-14(16)9-7-13/h11-14H,3-10,16H2,1-2H3,(H,17,19). The summed E-state index contributed by atoms with van der Waals surface area (Å²) in [4.78, 5) is 12.2. The first-order chi connectivity index (χ1) is 9.06. The smallest absolute Gasteiger partial charge is 0.234 e. The fourth-order valence-corrected chi connectivity index (χ4v) is 3.49. The van der Waals surface area contributed by atoms with Gasteiger partial charge in [-0.1, -0.05) is 6.42 Å². The van der Waals surface area contributed by atoms with Gasteiger partial charge in [-0.25, -0.2) is 5.01 Å². The van der Waals surface area contributed by atoms with Crippen LogP contribution in [-0.4, -0.2) is 29.0 Å². The summed E-state index contributed by atoms with van der Waals surface area (Å²) in [5, 5.41) is 2.17. The molecule has 0 bridgehead atoms. The van der Waals surface area contributed by atoms with Gasteiger partial charge in [0, 0.05) is 24.5 Å². The fraction of sp³-hybridized carbons (Fsp3) is 0.933. The lowest BCUT2D eigenvalue weighted by atomic mass is 9.84. The molecule has 2 unspecified atom stereocenters. The zero-order valence-electron chi connectivity index (χ0n) is 12.4. The quantitative estimate of drug-likeness (QED) is 0.824. The van der Waals surface area contributed by atoms with Crippen molar-refractivity contribution in [2.75, 3.05) is 0 Å². The van der Waals surface area contributed by atoms with Gasteiger partial charge in [0.05, 0.1) is 0 Å². The zero-order valence-corrected chi connectivity index (χ0v) is 12.4. The second-order valence-electron chi connectivity index (χ2n) is 6.56. The van der Waals surface area contributed by atoms with Crippen molar-refractivity contribution in [1.82, 2.24) is 10.4 Å². The van der Waals surface area contributed by atoms with Crippen LogP contribution in [0.25, 0.3) is 0 Å². The van der Waals surface area contributed by atoms with E-state index in [2.05, 4.69) is 24.3 Å². The van der Waals surface area contributed by atoms with Crippen molar-refractivity contribution in [2.45, 2.75) is 83.3 Å². The number of carbonyl (C=O) groups excluding carboxylic acids is 1. The predicted octanol–water partition coefficient (Wildman–Crippen LogP) is 2.19. The summed E-state index contributed by atoms with van der Waals surface area (Å²) in [7, 11) is 0. The van der Waals surface area contributed by atoms with E-state index in [1.807, 2.05) is 0 Å². The molecule has 0 radical (unpaired) electrons. The molecule has 1 heterocycles. The molecule has 19 heavy (non-hydrogen) atoms. The molecule has 2 fully saturated rings. The van der Waals surface area contributed by atoms with Crippen LogP contribution in [0.2, 0.25) is 0 Å². The number of hydrogen-bond donors (Lipinski definition) is 2.